The van der Waals surface area contributed by atoms with Crippen molar-refractivity contribution in [3.63, 3.8) is 0 Å². The van der Waals surface area contributed by atoms with Gasteiger partial charge in [-0.1, -0.05) is 0 Å². The van der Waals surface area contributed by atoms with Gasteiger partial charge in [0.05, 0.1) is 4.92 Å². The predicted molar refractivity (Wildman–Crippen MR) is 53.2 cm³/mol. The first-order valence-corrected chi connectivity index (χ1v) is 4.17. The van der Waals surface area contributed by atoms with E-state index in [1.807, 2.05) is 0 Å². The van der Waals surface area contributed by atoms with Gasteiger partial charge in [-0.25, -0.2) is 4.98 Å². The van der Waals surface area contributed by atoms with Gasteiger partial charge in [0.1, 0.15) is 6.04 Å². The van der Waals surface area contributed by atoms with Gasteiger partial charge in [0.25, 0.3) is 0 Å². The van der Waals surface area contributed by atoms with Crippen LogP contribution in [0.1, 0.15) is 6.92 Å². The number of hydrogen-bond acceptors (Lipinski definition) is 5. The number of amides is 1. The molecular formula is C8H10N4O3. The molecule has 1 amide bonds. The Morgan fingerprint density at radius 2 is 2.40 bits per heavy atom. The lowest BCUT2D eigenvalue weighted by molar-refractivity contribution is -0.384. The number of aromatic nitrogens is 1. The summed E-state index contributed by atoms with van der Waals surface area (Å²) in [5.41, 5.74) is 4.82. The molecule has 0 radical (unpaired) electrons. The van der Waals surface area contributed by atoms with Crippen molar-refractivity contribution in [1.29, 1.82) is 0 Å². The third-order valence-corrected chi connectivity index (χ3v) is 1.76. The molecule has 0 aliphatic rings. The minimum Gasteiger partial charge on any atom is -0.368 e. The molecule has 0 saturated carbocycles. The Morgan fingerprint density at radius 1 is 1.73 bits per heavy atom. The number of carbonyl (C=O) groups is 1. The Balaban J connectivity index is 2.94. The number of nitrogens with one attached hydrogen (secondary N) is 1. The van der Waals surface area contributed by atoms with Gasteiger partial charge in [0, 0.05) is 12.3 Å². The molecule has 0 spiro atoms. The van der Waals surface area contributed by atoms with Gasteiger partial charge in [-0.15, -0.1) is 0 Å². The van der Waals surface area contributed by atoms with E-state index in [9.17, 15) is 14.9 Å². The van der Waals surface area contributed by atoms with E-state index < -0.39 is 16.9 Å². The molecule has 0 saturated heterocycles. The molecule has 1 atom stereocenters. The summed E-state index contributed by atoms with van der Waals surface area (Å²) >= 11 is 0. The third-order valence-electron chi connectivity index (χ3n) is 1.76. The number of rotatable bonds is 4. The average molecular weight is 210 g/mol. The number of nitrogens with two attached hydrogens (primary N) is 1. The number of anilines is 1. The van der Waals surface area contributed by atoms with Gasteiger partial charge in [0.2, 0.25) is 11.7 Å². The maximum absolute atomic E-state index is 10.7. The molecule has 7 nitrogen and oxygen atoms in total. The van der Waals surface area contributed by atoms with Crippen LogP contribution in [0.25, 0.3) is 0 Å². The second-order valence-electron chi connectivity index (χ2n) is 2.90. The van der Waals surface area contributed by atoms with E-state index >= 15 is 0 Å². The van der Waals surface area contributed by atoms with Crippen LogP contribution in [0, 0.1) is 10.1 Å². The molecule has 1 aromatic heterocycles. The highest BCUT2D eigenvalue weighted by atomic mass is 16.6. The lowest BCUT2D eigenvalue weighted by Gasteiger charge is -2.09. The van der Waals surface area contributed by atoms with Gasteiger partial charge in [-0.05, 0) is 13.0 Å². The van der Waals surface area contributed by atoms with Gasteiger partial charge in [-0.2, -0.15) is 0 Å². The summed E-state index contributed by atoms with van der Waals surface area (Å²) in [6.45, 7) is 1.50. The summed E-state index contributed by atoms with van der Waals surface area (Å²) in [7, 11) is 0. The molecule has 3 N–H and O–H groups in total. The first-order chi connectivity index (χ1) is 7.02. The first kappa shape index (κ1) is 10.9. The van der Waals surface area contributed by atoms with Crippen LogP contribution >= 0.6 is 0 Å². The molecule has 0 bridgehead atoms. The summed E-state index contributed by atoms with van der Waals surface area (Å²) in [4.78, 5) is 24.5. The number of carbonyl (C=O) groups excluding carboxylic acids is 1. The van der Waals surface area contributed by atoms with Crippen LogP contribution in [0.15, 0.2) is 18.3 Å². The van der Waals surface area contributed by atoms with Gasteiger partial charge in [0.15, 0.2) is 0 Å². The van der Waals surface area contributed by atoms with Crippen LogP contribution < -0.4 is 11.1 Å². The van der Waals surface area contributed by atoms with Gasteiger partial charge < -0.3 is 11.1 Å². The van der Waals surface area contributed by atoms with E-state index in [1.54, 1.807) is 0 Å². The zero-order valence-electron chi connectivity index (χ0n) is 8.01. The van der Waals surface area contributed by atoms with Crippen molar-refractivity contribution < 1.29 is 9.72 Å². The molecule has 0 fully saturated rings. The number of pyridine rings is 1. The molecule has 80 valence electrons. The maximum atomic E-state index is 10.7. The molecule has 1 unspecified atom stereocenters. The Hall–Kier alpha value is -2.18. The maximum Gasteiger partial charge on any atom is 0.311 e. The minimum absolute atomic E-state index is 0.0359. The van der Waals surface area contributed by atoms with E-state index in [2.05, 4.69) is 10.3 Å². The molecule has 0 aliphatic heterocycles. The number of hydrogen-bond donors (Lipinski definition) is 2. The fraction of sp³-hybridized carbons (Fsp3) is 0.250. The molecular weight excluding hydrogens is 200 g/mol. The summed E-state index contributed by atoms with van der Waals surface area (Å²) < 4.78 is 0. The average Bonchev–Trinajstić information content (AvgIpc) is 2.18. The van der Waals surface area contributed by atoms with Crippen LogP contribution in [-0.2, 0) is 4.79 Å². The molecule has 15 heavy (non-hydrogen) atoms. The van der Waals surface area contributed by atoms with Crippen molar-refractivity contribution in [2.45, 2.75) is 13.0 Å². The molecule has 1 heterocycles. The molecule has 7 heteroatoms. The van der Waals surface area contributed by atoms with Crippen LogP contribution in [0.4, 0.5) is 11.5 Å². The highest BCUT2D eigenvalue weighted by Crippen LogP contribution is 2.20. The van der Waals surface area contributed by atoms with E-state index in [0.717, 1.165) is 0 Å². The molecule has 0 aliphatic carbocycles. The zero-order chi connectivity index (χ0) is 11.4. The SMILES string of the molecule is CC(Nc1ncccc1[N+](=O)[O-])C(N)=O. The molecule has 1 aromatic rings. The predicted octanol–water partition coefficient (Wildman–Crippen LogP) is 0.275. The van der Waals surface area contributed by atoms with E-state index in [-0.39, 0.29) is 11.5 Å². The smallest absolute Gasteiger partial charge is 0.311 e. The van der Waals surface area contributed by atoms with Crippen molar-refractivity contribution in [2.75, 3.05) is 5.32 Å². The Bertz CT molecular complexity index is 393. The van der Waals surface area contributed by atoms with Crippen LogP contribution in [0.5, 0.6) is 0 Å². The topological polar surface area (TPSA) is 111 Å². The minimum atomic E-state index is -0.710. The molecule has 0 aromatic carbocycles. The normalized spacial score (nSPS) is 11.8. The zero-order valence-corrected chi connectivity index (χ0v) is 8.01. The monoisotopic (exact) mass is 210 g/mol. The van der Waals surface area contributed by atoms with Crippen LogP contribution in [-0.4, -0.2) is 21.9 Å². The highest BCUT2D eigenvalue weighted by Gasteiger charge is 2.17. The van der Waals surface area contributed by atoms with Crippen molar-refractivity contribution in [3.8, 4) is 0 Å². The van der Waals surface area contributed by atoms with E-state index in [0.29, 0.717) is 0 Å². The van der Waals surface area contributed by atoms with Crippen molar-refractivity contribution in [3.05, 3.63) is 28.4 Å². The fourth-order valence-corrected chi connectivity index (χ4v) is 0.932. The number of nitrogens with zero attached hydrogens (tertiary/aromatic N) is 2. The standard InChI is InChI=1S/C8H10N4O3/c1-5(7(9)13)11-8-6(12(14)15)3-2-4-10-8/h2-5H,1H3,(H2,9,13)(H,10,11). The summed E-state index contributed by atoms with van der Waals surface area (Å²) in [6, 6.07) is 2.03. The Labute approximate surface area is 85.5 Å². The third kappa shape index (κ3) is 2.63. The summed E-state index contributed by atoms with van der Waals surface area (Å²) in [5, 5.41) is 13.1. The van der Waals surface area contributed by atoms with Crippen molar-refractivity contribution in [1.82, 2.24) is 4.98 Å². The highest BCUT2D eigenvalue weighted by molar-refractivity contribution is 5.82. The molecule has 1 rings (SSSR count). The van der Waals surface area contributed by atoms with Gasteiger partial charge in [-0.3, -0.25) is 14.9 Å². The van der Waals surface area contributed by atoms with Crippen molar-refractivity contribution >= 4 is 17.4 Å². The largest absolute Gasteiger partial charge is 0.368 e. The van der Waals surface area contributed by atoms with Crippen LogP contribution in [0.3, 0.4) is 0 Å². The number of nitro groups is 1. The number of primary amides is 1. The lowest BCUT2D eigenvalue weighted by atomic mass is 10.3. The fourth-order valence-electron chi connectivity index (χ4n) is 0.932. The van der Waals surface area contributed by atoms with Crippen LogP contribution in [0.2, 0.25) is 0 Å². The second kappa shape index (κ2) is 4.36. The van der Waals surface area contributed by atoms with E-state index in [4.69, 9.17) is 5.73 Å². The first-order valence-electron chi connectivity index (χ1n) is 4.17. The lowest BCUT2D eigenvalue weighted by Crippen LogP contribution is -2.32. The summed E-state index contributed by atoms with van der Waals surface area (Å²) in [5.74, 6) is -0.566. The Morgan fingerprint density at radius 3 is 2.93 bits per heavy atom. The second-order valence-corrected chi connectivity index (χ2v) is 2.90. The van der Waals surface area contributed by atoms with Crippen molar-refractivity contribution in [2.24, 2.45) is 5.73 Å². The Kier molecular flexibility index (Phi) is 3.17. The van der Waals surface area contributed by atoms with Gasteiger partial charge >= 0.3 is 5.69 Å². The quantitative estimate of drug-likeness (QED) is 0.547. The van der Waals surface area contributed by atoms with E-state index in [1.165, 1.54) is 25.3 Å². The summed E-state index contributed by atoms with van der Waals surface area (Å²) in [6.07, 6.45) is 1.39.